The minimum atomic E-state index is -0.243. The lowest BCUT2D eigenvalue weighted by atomic mass is 9.90. The summed E-state index contributed by atoms with van der Waals surface area (Å²) in [7, 11) is 1.64. The van der Waals surface area contributed by atoms with E-state index < -0.39 is 0 Å². The van der Waals surface area contributed by atoms with Gasteiger partial charge in [0.05, 0.1) is 23.3 Å². The van der Waals surface area contributed by atoms with Gasteiger partial charge in [-0.2, -0.15) is 0 Å². The van der Waals surface area contributed by atoms with Crippen molar-refractivity contribution in [3.05, 3.63) is 57.4 Å². The molecule has 0 radical (unpaired) electrons. The standard InChI is InChI=1S/C16H22N2O3/c1-12-7-6-10-15(18(19)20)16(12)17-14(11-21-2)13-8-4-3-5-9-13/h3-5,8-9,12,14,17H,6-7,10-11H2,1-2H3/t12-,14+/m0/s1. The summed E-state index contributed by atoms with van der Waals surface area (Å²) in [4.78, 5) is 11.0. The first-order valence-electron chi connectivity index (χ1n) is 7.31. The maximum absolute atomic E-state index is 11.3. The Kier molecular flexibility index (Phi) is 5.33. The van der Waals surface area contributed by atoms with E-state index in [1.54, 1.807) is 7.11 Å². The minimum absolute atomic E-state index is 0.0679. The van der Waals surface area contributed by atoms with Gasteiger partial charge in [0.15, 0.2) is 0 Å². The zero-order valence-corrected chi connectivity index (χ0v) is 12.5. The average molecular weight is 290 g/mol. The molecule has 5 heteroatoms. The quantitative estimate of drug-likeness (QED) is 0.645. The molecule has 0 amide bonds. The first-order valence-corrected chi connectivity index (χ1v) is 7.31. The average Bonchev–Trinajstić information content (AvgIpc) is 2.49. The van der Waals surface area contributed by atoms with E-state index in [1.807, 2.05) is 37.3 Å². The maximum atomic E-state index is 11.3. The molecule has 0 bridgehead atoms. The molecule has 114 valence electrons. The van der Waals surface area contributed by atoms with Crippen molar-refractivity contribution in [2.45, 2.75) is 32.2 Å². The number of hydrogen-bond acceptors (Lipinski definition) is 4. The number of benzene rings is 1. The highest BCUT2D eigenvalue weighted by atomic mass is 16.6. The van der Waals surface area contributed by atoms with E-state index in [2.05, 4.69) is 5.32 Å². The van der Waals surface area contributed by atoms with Gasteiger partial charge in [-0.1, -0.05) is 37.3 Å². The Bertz CT molecular complexity index is 514. The van der Waals surface area contributed by atoms with Crippen LogP contribution in [0, 0.1) is 16.0 Å². The normalized spacial score (nSPS) is 20.2. The molecule has 0 heterocycles. The highest BCUT2D eigenvalue weighted by molar-refractivity contribution is 5.22. The molecule has 0 unspecified atom stereocenters. The summed E-state index contributed by atoms with van der Waals surface area (Å²) in [5.41, 5.74) is 2.16. The predicted molar refractivity (Wildman–Crippen MR) is 81.2 cm³/mol. The van der Waals surface area contributed by atoms with Crippen molar-refractivity contribution in [2.24, 2.45) is 5.92 Å². The van der Waals surface area contributed by atoms with E-state index in [0.29, 0.717) is 18.7 Å². The summed E-state index contributed by atoms with van der Waals surface area (Å²) in [5.74, 6) is 0.183. The van der Waals surface area contributed by atoms with Gasteiger partial charge in [-0.3, -0.25) is 10.1 Å². The highest BCUT2D eigenvalue weighted by Crippen LogP contribution is 2.30. The summed E-state index contributed by atoms with van der Waals surface area (Å²) in [6.45, 7) is 2.52. The van der Waals surface area contributed by atoms with Crippen LogP contribution in [0.15, 0.2) is 41.7 Å². The van der Waals surface area contributed by atoms with Crippen molar-refractivity contribution in [2.75, 3.05) is 13.7 Å². The largest absolute Gasteiger partial charge is 0.382 e. The molecule has 0 saturated carbocycles. The summed E-state index contributed by atoms with van der Waals surface area (Å²) in [6, 6.07) is 9.84. The van der Waals surface area contributed by atoms with Gasteiger partial charge in [-0.25, -0.2) is 0 Å². The van der Waals surface area contributed by atoms with E-state index >= 15 is 0 Å². The van der Waals surface area contributed by atoms with Crippen LogP contribution in [0.3, 0.4) is 0 Å². The van der Waals surface area contributed by atoms with E-state index in [9.17, 15) is 10.1 Å². The Morgan fingerprint density at radius 1 is 1.43 bits per heavy atom. The second-order valence-electron chi connectivity index (χ2n) is 5.47. The van der Waals surface area contributed by atoms with Gasteiger partial charge >= 0.3 is 0 Å². The Hall–Kier alpha value is -1.88. The van der Waals surface area contributed by atoms with Gasteiger partial charge in [0, 0.05) is 19.4 Å². The predicted octanol–water partition coefficient (Wildman–Crippen LogP) is 3.27. The molecule has 2 rings (SSSR count). The molecule has 1 aliphatic rings. The molecular weight excluding hydrogens is 268 g/mol. The molecule has 2 atom stereocenters. The molecule has 0 aromatic heterocycles. The third kappa shape index (κ3) is 3.82. The maximum Gasteiger partial charge on any atom is 0.265 e. The fourth-order valence-electron chi connectivity index (χ4n) is 2.82. The van der Waals surface area contributed by atoms with Gasteiger partial charge < -0.3 is 10.1 Å². The smallest absolute Gasteiger partial charge is 0.265 e. The topological polar surface area (TPSA) is 64.4 Å². The molecule has 1 aromatic rings. The summed E-state index contributed by atoms with van der Waals surface area (Å²) in [5, 5.41) is 14.6. The van der Waals surface area contributed by atoms with Gasteiger partial charge in [0.2, 0.25) is 0 Å². The Morgan fingerprint density at radius 2 is 2.14 bits per heavy atom. The van der Waals surface area contributed by atoms with Crippen LogP contribution in [-0.2, 0) is 4.74 Å². The van der Waals surface area contributed by atoms with Crippen LogP contribution >= 0.6 is 0 Å². The summed E-state index contributed by atoms with van der Waals surface area (Å²) in [6.07, 6.45) is 2.39. The van der Waals surface area contributed by atoms with Crippen LogP contribution in [0.2, 0.25) is 0 Å². The Balaban J connectivity index is 2.28. The first kappa shape index (κ1) is 15.5. The van der Waals surface area contributed by atoms with Crippen molar-refractivity contribution in [1.82, 2.24) is 5.32 Å². The van der Waals surface area contributed by atoms with Gasteiger partial charge in [0.25, 0.3) is 5.70 Å². The molecule has 0 aliphatic heterocycles. The number of hydrogen-bond donors (Lipinski definition) is 1. The van der Waals surface area contributed by atoms with Crippen molar-refractivity contribution < 1.29 is 9.66 Å². The molecule has 1 N–H and O–H groups in total. The van der Waals surface area contributed by atoms with Crippen molar-refractivity contribution in [3.63, 3.8) is 0 Å². The molecule has 5 nitrogen and oxygen atoms in total. The SMILES string of the molecule is COC[C@@H](NC1=C([N+](=O)[O-])CCC[C@@H]1C)c1ccccc1. The van der Waals surface area contributed by atoms with Crippen LogP contribution in [0.1, 0.15) is 37.8 Å². The van der Waals surface area contributed by atoms with Crippen LogP contribution in [0.5, 0.6) is 0 Å². The van der Waals surface area contributed by atoms with Gasteiger partial charge in [-0.05, 0) is 18.4 Å². The lowest BCUT2D eigenvalue weighted by molar-refractivity contribution is -0.431. The van der Waals surface area contributed by atoms with E-state index in [1.165, 1.54) is 0 Å². The van der Waals surface area contributed by atoms with Gasteiger partial charge in [0.1, 0.15) is 0 Å². The van der Waals surface area contributed by atoms with Crippen LogP contribution < -0.4 is 5.32 Å². The van der Waals surface area contributed by atoms with Crippen LogP contribution in [0.25, 0.3) is 0 Å². The third-order valence-corrected chi connectivity index (χ3v) is 3.94. The fourth-order valence-corrected chi connectivity index (χ4v) is 2.82. The fraction of sp³-hybridized carbons (Fsp3) is 0.500. The molecule has 0 spiro atoms. The number of nitro groups is 1. The molecule has 0 fully saturated rings. The highest BCUT2D eigenvalue weighted by Gasteiger charge is 2.29. The molecule has 0 saturated heterocycles. The lowest BCUT2D eigenvalue weighted by Crippen LogP contribution is -2.31. The number of methoxy groups -OCH3 is 1. The summed E-state index contributed by atoms with van der Waals surface area (Å²) >= 11 is 0. The first-order chi connectivity index (χ1) is 10.1. The Morgan fingerprint density at radius 3 is 2.76 bits per heavy atom. The van der Waals surface area contributed by atoms with E-state index in [4.69, 9.17) is 4.74 Å². The zero-order chi connectivity index (χ0) is 15.2. The van der Waals surface area contributed by atoms with Crippen molar-refractivity contribution in [3.8, 4) is 0 Å². The number of rotatable bonds is 6. The van der Waals surface area contributed by atoms with Gasteiger partial charge in [-0.15, -0.1) is 0 Å². The molecular formula is C16H22N2O3. The van der Waals surface area contributed by atoms with E-state index in [0.717, 1.165) is 24.1 Å². The van der Waals surface area contributed by atoms with Crippen LogP contribution in [0.4, 0.5) is 0 Å². The number of nitrogens with zero attached hydrogens (tertiary/aromatic N) is 1. The monoisotopic (exact) mass is 290 g/mol. The second-order valence-corrected chi connectivity index (χ2v) is 5.47. The third-order valence-electron chi connectivity index (χ3n) is 3.94. The summed E-state index contributed by atoms with van der Waals surface area (Å²) < 4.78 is 5.28. The molecule has 1 aliphatic carbocycles. The number of allylic oxidation sites excluding steroid dienone is 2. The number of nitrogens with one attached hydrogen (secondary N) is 1. The minimum Gasteiger partial charge on any atom is -0.382 e. The van der Waals surface area contributed by atoms with E-state index in [-0.39, 0.29) is 16.9 Å². The van der Waals surface area contributed by atoms with Crippen molar-refractivity contribution in [1.29, 1.82) is 0 Å². The lowest BCUT2D eigenvalue weighted by Gasteiger charge is -2.27. The van der Waals surface area contributed by atoms with Crippen LogP contribution in [-0.4, -0.2) is 18.6 Å². The second kappa shape index (κ2) is 7.22. The zero-order valence-electron chi connectivity index (χ0n) is 12.5. The number of ether oxygens (including phenoxy) is 1. The van der Waals surface area contributed by atoms with Crippen molar-refractivity contribution >= 4 is 0 Å². The Labute approximate surface area is 125 Å². The molecule has 21 heavy (non-hydrogen) atoms. The molecule has 1 aromatic carbocycles.